The number of hydrogen-bond donors (Lipinski definition) is 1. The third-order valence-electron chi connectivity index (χ3n) is 4.72. The molecule has 1 heterocycles. The van der Waals surface area contributed by atoms with Crippen LogP contribution in [0.2, 0.25) is 0 Å². The summed E-state index contributed by atoms with van der Waals surface area (Å²) in [6, 6.07) is 0.253. The van der Waals surface area contributed by atoms with Gasteiger partial charge in [-0.15, -0.1) is 0 Å². The van der Waals surface area contributed by atoms with Crippen LogP contribution in [0.5, 0.6) is 11.8 Å². The van der Waals surface area contributed by atoms with Crippen molar-refractivity contribution >= 4 is 0 Å². The van der Waals surface area contributed by atoms with Gasteiger partial charge in [0.2, 0.25) is 11.8 Å². The molecule has 0 radical (unpaired) electrons. The van der Waals surface area contributed by atoms with Crippen molar-refractivity contribution in [1.29, 1.82) is 0 Å². The number of ether oxygens (including phenoxy) is 2. The lowest BCUT2D eigenvalue weighted by Gasteiger charge is -2.21. The van der Waals surface area contributed by atoms with Crippen molar-refractivity contribution < 1.29 is 9.47 Å². The quantitative estimate of drug-likeness (QED) is 0.864. The van der Waals surface area contributed by atoms with E-state index >= 15 is 0 Å². The molecular formula is C15H23N3O2. The summed E-state index contributed by atoms with van der Waals surface area (Å²) in [5, 5.41) is 3.58. The Hall–Kier alpha value is -1.36. The normalized spacial score (nSPS) is 28.9. The molecule has 2 aliphatic carbocycles. The molecule has 3 atom stereocenters. The van der Waals surface area contributed by atoms with Gasteiger partial charge >= 0.3 is 0 Å². The third-order valence-corrected chi connectivity index (χ3v) is 4.72. The van der Waals surface area contributed by atoms with E-state index in [2.05, 4.69) is 22.2 Å². The van der Waals surface area contributed by atoms with Crippen LogP contribution in [0.15, 0.2) is 6.20 Å². The van der Waals surface area contributed by atoms with Crippen LogP contribution in [0, 0.1) is 17.8 Å². The Labute approximate surface area is 120 Å². The zero-order valence-corrected chi connectivity index (χ0v) is 12.4. The van der Waals surface area contributed by atoms with Crippen molar-refractivity contribution in [1.82, 2.24) is 15.3 Å². The van der Waals surface area contributed by atoms with Crippen LogP contribution in [0.4, 0.5) is 0 Å². The SMILES string of the molecule is CCNC(c1ncc(OC)nc1OC)C1C2CCCC21. The highest BCUT2D eigenvalue weighted by molar-refractivity contribution is 5.28. The van der Waals surface area contributed by atoms with Gasteiger partial charge in [0, 0.05) is 0 Å². The van der Waals surface area contributed by atoms with Crippen LogP contribution >= 0.6 is 0 Å². The van der Waals surface area contributed by atoms with E-state index in [4.69, 9.17) is 9.47 Å². The molecule has 1 N–H and O–H groups in total. The van der Waals surface area contributed by atoms with E-state index in [9.17, 15) is 0 Å². The molecule has 5 nitrogen and oxygen atoms in total. The number of aromatic nitrogens is 2. The predicted molar refractivity (Wildman–Crippen MR) is 75.9 cm³/mol. The van der Waals surface area contributed by atoms with Gasteiger partial charge < -0.3 is 14.8 Å². The van der Waals surface area contributed by atoms with Gasteiger partial charge in [-0.3, -0.25) is 0 Å². The van der Waals surface area contributed by atoms with Gasteiger partial charge in [-0.2, -0.15) is 4.98 Å². The molecule has 3 rings (SSSR count). The molecule has 0 saturated heterocycles. The summed E-state index contributed by atoms with van der Waals surface area (Å²) in [7, 11) is 3.24. The van der Waals surface area contributed by atoms with Gasteiger partial charge in [0.1, 0.15) is 5.69 Å². The minimum Gasteiger partial charge on any atom is -0.480 e. The number of nitrogens with one attached hydrogen (secondary N) is 1. The first kappa shape index (κ1) is 13.6. The average Bonchev–Trinajstić information content (AvgIpc) is 2.94. The Morgan fingerprint density at radius 3 is 2.65 bits per heavy atom. The first-order valence-corrected chi connectivity index (χ1v) is 7.48. The average molecular weight is 277 g/mol. The highest BCUT2D eigenvalue weighted by Gasteiger charge is 2.56. The number of nitrogens with zero attached hydrogens (tertiary/aromatic N) is 2. The van der Waals surface area contributed by atoms with Crippen molar-refractivity contribution in [2.75, 3.05) is 20.8 Å². The fourth-order valence-corrected chi connectivity index (χ4v) is 3.83. The summed E-state index contributed by atoms with van der Waals surface area (Å²) >= 11 is 0. The Balaban J connectivity index is 1.87. The van der Waals surface area contributed by atoms with Crippen LogP contribution in [0.3, 0.4) is 0 Å². The van der Waals surface area contributed by atoms with Crippen molar-refractivity contribution in [3.8, 4) is 11.8 Å². The number of fused-ring (bicyclic) bond motifs is 1. The summed E-state index contributed by atoms with van der Waals surface area (Å²) in [4.78, 5) is 8.92. The summed E-state index contributed by atoms with van der Waals surface area (Å²) in [6.07, 6.45) is 5.79. The first-order chi connectivity index (χ1) is 9.80. The zero-order chi connectivity index (χ0) is 14.1. The largest absolute Gasteiger partial charge is 0.480 e. The predicted octanol–water partition coefficient (Wildman–Crippen LogP) is 2.19. The Morgan fingerprint density at radius 2 is 2.05 bits per heavy atom. The van der Waals surface area contributed by atoms with Crippen molar-refractivity contribution in [3.63, 3.8) is 0 Å². The topological polar surface area (TPSA) is 56.3 Å². The van der Waals surface area contributed by atoms with Gasteiger partial charge in [0.05, 0.1) is 26.5 Å². The molecule has 1 aromatic rings. The standard InChI is InChI=1S/C15H23N3O2/c1-4-16-13(12-9-6-5-7-10(9)12)14-15(20-3)18-11(19-2)8-17-14/h8-10,12-13,16H,4-7H2,1-3H3. The van der Waals surface area contributed by atoms with E-state index in [1.54, 1.807) is 20.4 Å². The summed E-state index contributed by atoms with van der Waals surface area (Å²) in [5.41, 5.74) is 0.926. The molecule has 2 aliphatic rings. The lowest BCUT2D eigenvalue weighted by molar-refractivity contribution is 0.338. The molecule has 0 aromatic carbocycles. The summed E-state index contributed by atoms with van der Waals surface area (Å²) in [6.45, 7) is 3.06. The number of methoxy groups -OCH3 is 2. The first-order valence-electron chi connectivity index (χ1n) is 7.48. The molecule has 0 amide bonds. The summed E-state index contributed by atoms with van der Waals surface area (Å²) in [5.74, 6) is 3.51. The fourth-order valence-electron chi connectivity index (χ4n) is 3.83. The van der Waals surface area contributed by atoms with Crippen LogP contribution in [-0.4, -0.2) is 30.7 Å². The van der Waals surface area contributed by atoms with Gasteiger partial charge in [0.25, 0.3) is 0 Å². The van der Waals surface area contributed by atoms with E-state index < -0.39 is 0 Å². The van der Waals surface area contributed by atoms with Gasteiger partial charge in [0.15, 0.2) is 0 Å². The lowest BCUT2D eigenvalue weighted by Crippen LogP contribution is -2.26. The molecule has 20 heavy (non-hydrogen) atoms. The smallest absolute Gasteiger partial charge is 0.240 e. The maximum Gasteiger partial charge on any atom is 0.240 e. The van der Waals surface area contributed by atoms with Crippen molar-refractivity contribution in [2.45, 2.75) is 32.2 Å². The van der Waals surface area contributed by atoms with Crippen molar-refractivity contribution in [2.24, 2.45) is 17.8 Å². The van der Waals surface area contributed by atoms with Crippen LogP contribution in [0.1, 0.15) is 37.9 Å². The highest BCUT2D eigenvalue weighted by Crippen LogP contribution is 2.62. The minimum atomic E-state index is 0.253. The second-order valence-electron chi connectivity index (χ2n) is 5.68. The number of rotatable bonds is 6. The molecular weight excluding hydrogens is 254 g/mol. The van der Waals surface area contributed by atoms with Gasteiger partial charge in [-0.25, -0.2) is 4.98 Å². The highest BCUT2D eigenvalue weighted by atomic mass is 16.5. The molecule has 3 unspecified atom stereocenters. The Morgan fingerprint density at radius 1 is 1.30 bits per heavy atom. The maximum atomic E-state index is 5.42. The molecule has 110 valence electrons. The Kier molecular flexibility index (Phi) is 3.78. The fraction of sp³-hybridized carbons (Fsp3) is 0.733. The molecule has 2 fully saturated rings. The third kappa shape index (κ3) is 2.24. The molecule has 2 saturated carbocycles. The lowest BCUT2D eigenvalue weighted by atomic mass is 10.0. The minimum absolute atomic E-state index is 0.253. The van der Waals surface area contributed by atoms with E-state index in [0.717, 1.165) is 24.1 Å². The summed E-state index contributed by atoms with van der Waals surface area (Å²) < 4.78 is 10.5. The molecule has 0 spiro atoms. The van der Waals surface area contributed by atoms with Crippen LogP contribution in [-0.2, 0) is 0 Å². The van der Waals surface area contributed by atoms with Crippen LogP contribution < -0.4 is 14.8 Å². The second kappa shape index (κ2) is 5.56. The molecule has 0 bridgehead atoms. The Bertz CT molecular complexity index is 470. The zero-order valence-electron chi connectivity index (χ0n) is 12.4. The van der Waals surface area contributed by atoms with E-state index in [-0.39, 0.29) is 6.04 Å². The molecule has 0 aliphatic heterocycles. The van der Waals surface area contributed by atoms with Gasteiger partial charge in [-0.1, -0.05) is 13.3 Å². The van der Waals surface area contributed by atoms with Crippen molar-refractivity contribution in [3.05, 3.63) is 11.9 Å². The maximum absolute atomic E-state index is 5.42. The van der Waals surface area contributed by atoms with E-state index in [0.29, 0.717) is 17.7 Å². The van der Waals surface area contributed by atoms with Gasteiger partial charge in [-0.05, 0) is 37.1 Å². The molecule has 1 aromatic heterocycles. The van der Waals surface area contributed by atoms with E-state index in [1.807, 2.05) is 0 Å². The van der Waals surface area contributed by atoms with E-state index in [1.165, 1.54) is 19.3 Å². The monoisotopic (exact) mass is 277 g/mol. The molecule has 5 heteroatoms. The number of hydrogen-bond acceptors (Lipinski definition) is 5. The second-order valence-corrected chi connectivity index (χ2v) is 5.68. The van der Waals surface area contributed by atoms with Crippen LogP contribution in [0.25, 0.3) is 0 Å².